The molecule has 2 N–H and O–H groups in total. The zero-order valence-electron chi connectivity index (χ0n) is 15.1. The van der Waals surface area contributed by atoms with E-state index in [2.05, 4.69) is 15.0 Å². The number of aromatic nitrogens is 3. The summed E-state index contributed by atoms with van der Waals surface area (Å²) in [6.07, 6.45) is 3.17. The first-order valence-electron chi connectivity index (χ1n) is 8.08. The third-order valence-corrected chi connectivity index (χ3v) is 4.46. The molecule has 27 heavy (non-hydrogen) atoms. The zero-order chi connectivity index (χ0) is 19.6. The molecule has 0 spiro atoms. The Bertz CT molecular complexity index is 992. The maximum Gasteiger partial charge on any atom is 0.278 e. The first-order chi connectivity index (χ1) is 12.9. The Kier molecular flexibility index (Phi) is 5.34. The van der Waals surface area contributed by atoms with E-state index in [0.29, 0.717) is 22.1 Å². The first-order valence-corrected chi connectivity index (χ1v) is 8.45. The highest BCUT2D eigenvalue weighted by Gasteiger charge is 2.18. The summed E-state index contributed by atoms with van der Waals surface area (Å²) in [6.45, 7) is 1.89. The molecule has 0 radical (unpaired) electrons. The SMILES string of the molecule is CON(C)C(=O)c1ccc(-c2ncnc(C)c2-c2ccc(N)nc2)cc1Cl. The number of nitrogen functional groups attached to an aromatic ring is 1. The van der Waals surface area contributed by atoms with Crippen molar-refractivity contribution in [1.82, 2.24) is 20.0 Å². The van der Waals surface area contributed by atoms with Crippen LogP contribution in [0.15, 0.2) is 42.9 Å². The Morgan fingerprint density at radius 3 is 2.52 bits per heavy atom. The number of carbonyl (C=O) groups is 1. The van der Waals surface area contributed by atoms with Gasteiger partial charge >= 0.3 is 0 Å². The summed E-state index contributed by atoms with van der Waals surface area (Å²) in [7, 11) is 2.93. The van der Waals surface area contributed by atoms with Gasteiger partial charge in [-0.3, -0.25) is 9.63 Å². The molecule has 3 aromatic rings. The summed E-state index contributed by atoms with van der Waals surface area (Å²) in [4.78, 5) is 30.1. The number of nitrogens with two attached hydrogens (primary N) is 1. The second-order valence-electron chi connectivity index (χ2n) is 5.83. The number of carbonyl (C=O) groups excluding carboxylic acids is 1. The Morgan fingerprint density at radius 1 is 1.15 bits per heavy atom. The second kappa shape index (κ2) is 7.69. The van der Waals surface area contributed by atoms with E-state index in [1.165, 1.54) is 20.5 Å². The molecule has 1 aromatic carbocycles. The van der Waals surface area contributed by atoms with Crippen LogP contribution in [0.5, 0.6) is 0 Å². The van der Waals surface area contributed by atoms with Crippen LogP contribution in [0.2, 0.25) is 5.02 Å². The molecule has 1 amide bonds. The van der Waals surface area contributed by atoms with Crippen LogP contribution in [0.4, 0.5) is 5.82 Å². The minimum Gasteiger partial charge on any atom is -0.384 e. The van der Waals surface area contributed by atoms with Gasteiger partial charge in [-0.25, -0.2) is 20.0 Å². The molecule has 138 valence electrons. The van der Waals surface area contributed by atoms with E-state index in [-0.39, 0.29) is 5.91 Å². The van der Waals surface area contributed by atoms with Crippen molar-refractivity contribution >= 4 is 23.3 Å². The molecule has 3 rings (SSSR count). The lowest BCUT2D eigenvalue weighted by Gasteiger charge is -2.16. The Labute approximate surface area is 161 Å². The third kappa shape index (κ3) is 3.74. The maximum atomic E-state index is 12.3. The lowest BCUT2D eigenvalue weighted by molar-refractivity contribution is -0.0756. The van der Waals surface area contributed by atoms with Crippen molar-refractivity contribution in [3.8, 4) is 22.4 Å². The Hall–Kier alpha value is -3.03. The quantitative estimate of drug-likeness (QED) is 0.694. The number of hydrogen-bond donors (Lipinski definition) is 1. The van der Waals surface area contributed by atoms with Gasteiger partial charge in [0.2, 0.25) is 0 Å². The van der Waals surface area contributed by atoms with Gasteiger partial charge in [-0.05, 0) is 31.2 Å². The average Bonchev–Trinajstić information content (AvgIpc) is 2.67. The summed E-state index contributed by atoms with van der Waals surface area (Å²) >= 11 is 6.36. The lowest BCUT2D eigenvalue weighted by Crippen LogP contribution is -2.25. The van der Waals surface area contributed by atoms with Crippen LogP contribution in [0.3, 0.4) is 0 Å². The highest BCUT2D eigenvalue weighted by molar-refractivity contribution is 6.34. The number of nitrogens with zero attached hydrogens (tertiary/aromatic N) is 4. The molecule has 7 nitrogen and oxygen atoms in total. The van der Waals surface area contributed by atoms with E-state index in [1.54, 1.807) is 30.5 Å². The van der Waals surface area contributed by atoms with Gasteiger partial charge in [0.25, 0.3) is 5.91 Å². The Morgan fingerprint density at radius 2 is 1.89 bits per heavy atom. The second-order valence-corrected chi connectivity index (χ2v) is 6.24. The van der Waals surface area contributed by atoms with Crippen LogP contribution in [0, 0.1) is 6.92 Å². The molecule has 0 saturated heterocycles. The molecular formula is C19H18ClN5O2. The summed E-state index contributed by atoms with van der Waals surface area (Å²) in [5.74, 6) is 0.0962. The number of halogens is 1. The van der Waals surface area contributed by atoms with Crippen molar-refractivity contribution < 1.29 is 9.63 Å². The molecule has 0 saturated carbocycles. The van der Waals surface area contributed by atoms with E-state index in [1.807, 2.05) is 13.0 Å². The molecule has 0 aliphatic carbocycles. The average molecular weight is 384 g/mol. The normalized spacial score (nSPS) is 10.7. The highest BCUT2D eigenvalue weighted by Crippen LogP contribution is 2.34. The Balaban J connectivity index is 2.10. The topological polar surface area (TPSA) is 94.2 Å². The van der Waals surface area contributed by atoms with Crippen molar-refractivity contribution in [3.05, 3.63) is 59.1 Å². The lowest BCUT2D eigenvalue weighted by atomic mass is 9.98. The molecule has 0 atom stereocenters. The van der Waals surface area contributed by atoms with Crippen LogP contribution in [0.1, 0.15) is 16.1 Å². The van der Waals surface area contributed by atoms with Gasteiger partial charge in [-0.15, -0.1) is 0 Å². The van der Waals surface area contributed by atoms with Crippen LogP contribution >= 0.6 is 11.6 Å². The number of hydrogen-bond acceptors (Lipinski definition) is 6. The van der Waals surface area contributed by atoms with Gasteiger partial charge in [0.05, 0.1) is 23.4 Å². The fourth-order valence-electron chi connectivity index (χ4n) is 2.68. The monoisotopic (exact) mass is 383 g/mol. The van der Waals surface area contributed by atoms with Gasteiger partial charge in [0, 0.05) is 35.6 Å². The molecule has 0 bridgehead atoms. The van der Waals surface area contributed by atoms with E-state index in [9.17, 15) is 4.79 Å². The molecule has 0 aliphatic rings. The molecule has 2 heterocycles. The summed E-state index contributed by atoms with van der Waals surface area (Å²) in [6, 6.07) is 8.73. The van der Waals surface area contributed by atoms with Gasteiger partial charge in [-0.1, -0.05) is 17.7 Å². The summed E-state index contributed by atoms with van der Waals surface area (Å²) in [5.41, 5.74) is 9.94. The zero-order valence-corrected chi connectivity index (χ0v) is 15.9. The van der Waals surface area contributed by atoms with Crippen LogP contribution in [0.25, 0.3) is 22.4 Å². The van der Waals surface area contributed by atoms with Crippen molar-refractivity contribution in [1.29, 1.82) is 0 Å². The molecule has 0 fully saturated rings. The number of benzene rings is 1. The predicted molar refractivity (Wildman–Crippen MR) is 104 cm³/mol. The smallest absolute Gasteiger partial charge is 0.278 e. The van der Waals surface area contributed by atoms with Crippen LogP contribution < -0.4 is 5.73 Å². The number of aryl methyl sites for hydroxylation is 1. The van der Waals surface area contributed by atoms with Crippen LogP contribution in [-0.2, 0) is 4.84 Å². The van der Waals surface area contributed by atoms with Gasteiger partial charge < -0.3 is 5.73 Å². The van der Waals surface area contributed by atoms with Gasteiger partial charge in [-0.2, -0.15) is 0 Å². The van der Waals surface area contributed by atoms with Crippen molar-refractivity contribution in [3.63, 3.8) is 0 Å². The predicted octanol–water partition coefficient (Wildman–Crippen LogP) is 3.38. The number of hydroxylamine groups is 2. The maximum absolute atomic E-state index is 12.3. The minimum absolute atomic E-state index is 0.305. The number of pyridine rings is 1. The van der Waals surface area contributed by atoms with E-state index >= 15 is 0 Å². The number of rotatable bonds is 4. The molecule has 8 heteroatoms. The largest absolute Gasteiger partial charge is 0.384 e. The summed E-state index contributed by atoms with van der Waals surface area (Å²) in [5, 5.41) is 1.42. The molecule has 0 aliphatic heterocycles. The fraction of sp³-hybridized carbons (Fsp3) is 0.158. The van der Waals surface area contributed by atoms with Crippen molar-refractivity contribution in [2.45, 2.75) is 6.92 Å². The minimum atomic E-state index is -0.337. The first kappa shape index (κ1) is 18.8. The van der Waals surface area contributed by atoms with Crippen molar-refractivity contribution in [2.24, 2.45) is 0 Å². The molecule has 2 aromatic heterocycles. The standard InChI is InChI=1S/C19H18ClN5O2/c1-11-17(13-5-7-16(21)22-9-13)18(24-10-23-11)12-4-6-14(15(20)8-12)19(26)25(2)27-3/h4-10H,1-3H3,(H2,21,22). The van der Waals surface area contributed by atoms with Crippen molar-refractivity contribution in [2.75, 3.05) is 19.9 Å². The highest BCUT2D eigenvalue weighted by atomic mass is 35.5. The van der Waals surface area contributed by atoms with E-state index < -0.39 is 0 Å². The number of amides is 1. The third-order valence-electron chi connectivity index (χ3n) is 4.14. The number of anilines is 1. The molecular weight excluding hydrogens is 366 g/mol. The van der Waals surface area contributed by atoms with E-state index in [4.69, 9.17) is 22.2 Å². The fourth-order valence-corrected chi connectivity index (χ4v) is 2.94. The van der Waals surface area contributed by atoms with Crippen LogP contribution in [-0.4, -0.2) is 40.1 Å². The molecule has 0 unspecified atom stereocenters. The van der Waals surface area contributed by atoms with Gasteiger partial charge in [0.1, 0.15) is 12.1 Å². The summed E-state index contributed by atoms with van der Waals surface area (Å²) < 4.78 is 0. The van der Waals surface area contributed by atoms with Gasteiger partial charge in [0.15, 0.2) is 0 Å². The van der Waals surface area contributed by atoms with E-state index in [0.717, 1.165) is 27.4 Å².